The molecule has 0 aliphatic rings. The molecule has 2 nitrogen and oxygen atoms in total. The minimum Gasteiger partial charge on any atom is -0.265 e. The summed E-state index contributed by atoms with van der Waals surface area (Å²) < 4.78 is 0.849. The lowest BCUT2D eigenvalue weighted by atomic mass is 10.1. The van der Waals surface area contributed by atoms with Crippen molar-refractivity contribution in [1.29, 1.82) is 0 Å². The van der Waals surface area contributed by atoms with Gasteiger partial charge in [-0.15, -0.1) is 0 Å². The van der Waals surface area contributed by atoms with E-state index in [2.05, 4.69) is 25.9 Å². The Kier molecular flexibility index (Phi) is 2.36. The molecule has 2 heterocycles. The van der Waals surface area contributed by atoms with Crippen LogP contribution in [-0.2, 0) is 0 Å². The van der Waals surface area contributed by atoms with Gasteiger partial charge in [0.05, 0.1) is 0 Å². The van der Waals surface area contributed by atoms with Crippen molar-refractivity contribution in [1.82, 2.24) is 9.97 Å². The standard InChI is InChI=1S/C10H7BrN2/c11-10-7-9(3-6-13-10)8-1-4-12-5-2-8/h1-7H. The Bertz CT molecular complexity index is 401. The van der Waals surface area contributed by atoms with Gasteiger partial charge in [0.1, 0.15) is 4.60 Å². The molecule has 0 unspecified atom stereocenters. The molecule has 0 bridgehead atoms. The molecule has 64 valence electrons. The molecule has 2 aromatic heterocycles. The van der Waals surface area contributed by atoms with E-state index in [0.29, 0.717) is 0 Å². The Balaban J connectivity index is 2.48. The first-order chi connectivity index (χ1) is 6.36. The highest BCUT2D eigenvalue weighted by molar-refractivity contribution is 9.10. The van der Waals surface area contributed by atoms with Crippen molar-refractivity contribution in [2.75, 3.05) is 0 Å². The minimum absolute atomic E-state index is 0.849. The van der Waals surface area contributed by atoms with E-state index in [1.165, 1.54) is 0 Å². The Morgan fingerprint density at radius 2 is 1.62 bits per heavy atom. The van der Waals surface area contributed by atoms with E-state index in [1.807, 2.05) is 24.3 Å². The van der Waals surface area contributed by atoms with Crippen LogP contribution in [0.2, 0.25) is 0 Å². The van der Waals surface area contributed by atoms with Crippen molar-refractivity contribution in [2.45, 2.75) is 0 Å². The summed E-state index contributed by atoms with van der Waals surface area (Å²) in [6.07, 6.45) is 5.34. The molecule has 0 amide bonds. The van der Waals surface area contributed by atoms with Crippen LogP contribution in [0.3, 0.4) is 0 Å². The third-order valence-electron chi connectivity index (χ3n) is 1.74. The van der Waals surface area contributed by atoms with Gasteiger partial charge in [0.15, 0.2) is 0 Å². The highest BCUT2D eigenvalue weighted by Gasteiger charge is 1.96. The summed E-state index contributed by atoms with van der Waals surface area (Å²) >= 11 is 3.33. The SMILES string of the molecule is Brc1cc(-c2ccncc2)ccn1. The Hall–Kier alpha value is -1.22. The summed E-state index contributed by atoms with van der Waals surface area (Å²) in [6.45, 7) is 0. The number of pyridine rings is 2. The number of hydrogen-bond acceptors (Lipinski definition) is 2. The fraction of sp³-hybridized carbons (Fsp3) is 0. The molecule has 0 aromatic carbocycles. The van der Waals surface area contributed by atoms with Gasteiger partial charge in [0.25, 0.3) is 0 Å². The second-order valence-electron chi connectivity index (χ2n) is 2.60. The zero-order chi connectivity index (χ0) is 9.10. The highest BCUT2D eigenvalue weighted by atomic mass is 79.9. The average molecular weight is 235 g/mol. The molecule has 0 aliphatic carbocycles. The van der Waals surface area contributed by atoms with Gasteiger partial charge in [-0.25, -0.2) is 4.98 Å². The molecule has 0 atom stereocenters. The molecule has 2 rings (SSSR count). The molecular weight excluding hydrogens is 228 g/mol. The molecule has 0 aliphatic heterocycles. The van der Waals surface area contributed by atoms with Crippen molar-refractivity contribution in [3.05, 3.63) is 47.5 Å². The monoisotopic (exact) mass is 234 g/mol. The second kappa shape index (κ2) is 3.66. The van der Waals surface area contributed by atoms with Crippen molar-refractivity contribution in [2.24, 2.45) is 0 Å². The lowest BCUT2D eigenvalue weighted by molar-refractivity contribution is 1.27. The molecule has 2 aromatic rings. The molecule has 0 N–H and O–H groups in total. The van der Waals surface area contributed by atoms with E-state index < -0.39 is 0 Å². The molecule has 0 fully saturated rings. The van der Waals surface area contributed by atoms with Gasteiger partial charge < -0.3 is 0 Å². The lowest BCUT2D eigenvalue weighted by Crippen LogP contribution is -1.80. The van der Waals surface area contributed by atoms with Gasteiger partial charge in [0.2, 0.25) is 0 Å². The zero-order valence-electron chi connectivity index (χ0n) is 6.81. The maximum Gasteiger partial charge on any atom is 0.106 e. The van der Waals surface area contributed by atoms with Crippen LogP contribution >= 0.6 is 15.9 Å². The maximum absolute atomic E-state index is 4.07. The first-order valence-corrected chi connectivity index (χ1v) is 4.67. The number of aromatic nitrogens is 2. The van der Waals surface area contributed by atoms with Crippen LogP contribution < -0.4 is 0 Å². The quantitative estimate of drug-likeness (QED) is 0.710. The number of nitrogens with zero attached hydrogens (tertiary/aromatic N) is 2. The number of hydrogen-bond donors (Lipinski definition) is 0. The van der Waals surface area contributed by atoms with Gasteiger partial charge in [-0.05, 0) is 51.3 Å². The Morgan fingerprint density at radius 3 is 2.31 bits per heavy atom. The average Bonchev–Trinajstić information content (AvgIpc) is 2.19. The van der Waals surface area contributed by atoms with Crippen LogP contribution in [0.5, 0.6) is 0 Å². The van der Waals surface area contributed by atoms with E-state index in [4.69, 9.17) is 0 Å². The van der Waals surface area contributed by atoms with Crippen LogP contribution in [0, 0.1) is 0 Å². The van der Waals surface area contributed by atoms with E-state index in [-0.39, 0.29) is 0 Å². The molecule has 0 spiro atoms. The first kappa shape index (κ1) is 8.38. The molecule has 13 heavy (non-hydrogen) atoms. The van der Waals surface area contributed by atoms with Crippen LogP contribution in [0.4, 0.5) is 0 Å². The Morgan fingerprint density at radius 1 is 0.923 bits per heavy atom. The van der Waals surface area contributed by atoms with E-state index >= 15 is 0 Å². The van der Waals surface area contributed by atoms with Crippen molar-refractivity contribution in [3.8, 4) is 11.1 Å². The number of halogens is 1. The maximum atomic E-state index is 4.07. The van der Waals surface area contributed by atoms with Crippen LogP contribution in [0.25, 0.3) is 11.1 Å². The van der Waals surface area contributed by atoms with Gasteiger partial charge >= 0.3 is 0 Å². The van der Waals surface area contributed by atoms with E-state index in [9.17, 15) is 0 Å². The first-order valence-electron chi connectivity index (χ1n) is 3.88. The third kappa shape index (κ3) is 1.92. The smallest absolute Gasteiger partial charge is 0.106 e. The van der Waals surface area contributed by atoms with Crippen molar-refractivity contribution in [3.63, 3.8) is 0 Å². The van der Waals surface area contributed by atoms with Crippen LogP contribution in [-0.4, -0.2) is 9.97 Å². The summed E-state index contributed by atoms with van der Waals surface area (Å²) in [5.41, 5.74) is 2.29. The highest BCUT2D eigenvalue weighted by Crippen LogP contribution is 2.19. The summed E-state index contributed by atoms with van der Waals surface area (Å²) in [6, 6.07) is 7.90. The van der Waals surface area contributed by atoms with Crippen LogP contribution in [0.15, 0.2) is 47.5 Å². The number of rotatable bonds is 1. The van der Waals surface area contributed by atoms with E-state index in [1.54, 1.807) is 18.6 Å². The largest absolute Gasteiger partial charge is 0.265 e. The third-order valence-corrected chi connectivity index (χ3v) is 2.17. The predicted molar refractivity (Wildman–Crippen MR) is 55.2 cm³/mol. The van der Waals surface area contributed by atoms with Crippen molar-refractivity contribution < 1.29 is 0 Å². The molecular formula is C10H7BrN2. The fourth-order valence-electron chi connectivity index (χ4n) is 1.13. The van der Waals surface area contributed by atoms with Crippen LogP contribution in [0.1, 0.15) is 0 Å². The van der Waals surface area contributed by atoms with Gasteiger partial charge in [-0.2, -0.15) is 0 Å². The summed E-state index contributed by atoms with van der Waals surface area (Å²) in [4.78, 5) is 8.03. The van der Waals surface area contributed by atoms with Gasteiger partial charge in [-0.3, -0.25) is 4.98 Å². The van der Waals surface area contributed by atoms with Crippen molar-refractivity contribution >= 4 is 15.9 Å². The summed E-state index contributed by atoms with van der Waals surface area (Å²) in [5.74, 6) is 0. The molecule has 0 saturated heterocycles. The molecule has 0 saturated carbocycles. The van der Waals surface area contributed by atoms with Gasteiger partial charge in [-0.1, -0.05) is 0 Å². The summed E-state index contributed by atoms with van der Waals surface area (Å²) in [7, 11) is 0. The van der Waals surface area contributed by atoms with Gasteiger partial charge in [0, 0.05) is 18.6 Å². The fourth-order valence-corrected chi connectivity index (χ4v) is 1.49. The zero-order valence-corrected chi connectivity index (χ0v) is 8.40. The normalized spacial score (nSPS) is 9.92. The lowest BCUT2D eigenvalue weighted by Gasteiger charge is -1.99. The second-order valence-corrected chi connectivity index (χ2v) is 3.42. The Labute approximate surface area is 84.8 Å². The van der Waals surface area contributed by atoms with E-state index in [0.717, 1.165) is 15.7 Å². The topological polar surface area (TPSA) is 25.8 Å². The minimum atomic E-state index is 0.849. The predicted octanol–water partition coefficient (Wildman–Crippen LogP) is 2.91. The molecule has 0 radical (unpaired) electrons. The molecule has 3 heteroatoms. The summed E-state index contributed by atoms with van der Waals surface area (Å²) in [5, 5.41) is 0.